The molecule has 26 heavy (non-hydrogen) atoms. The molecular weight excluding hydrogens is 356 g/mol. The second kappa shape index (κ2) is 8.09. The number of methoxy groups -OCH3 is 2. The Kier molecular flexibility index (Phi) is 6.10. The summed E-state index contributed by atoms with van der Waals surface area (Å²) < 4.78 is 38.2. The fraction of sp³-hybridized carbons (Fsp3) is 0.278. The molecule has 0 saturated carbocycles. The summed E-state index contributed by atoms with van der Waals surface area (Å²) >= 11 is 0. The van der Waals surface area contributed by atoms with Crippen molar-refractivity contribution in [2.24, 2.45) is 0 Å². The van der Waals surface area contributed by atoms with Gasteiger partial charge in [-0.3, -0.25) is 9.52 Å². The Bertz CT molecular complexity index is 894. The molecule has 2 aromatic rings. The summed E-state index contributed by atoms with van der Waals surface area (Å²) in [5.41, 5.74) is 0.503. The molecule has 0 aliphatic rings. The first-order valence-corrected chi connectivity index (χ1v) is 9.41. The van der Waals surface area contributed by atoms with Crippen LogP contribution < -0.4 is 19.5 Å². The normalized spacial score (nSPS) is 11.1. The summed E-state index contributed by atoms with van der Waals surface area (Å²) in [5.74, 6) is 0.493. The quantitative estimate of drug-likeness (QED) is 0.772. The van der Waals surface area contributed by atoms with Gasteiger partial charge in [0.05, 0.1) is 24.8 Å². The average Bonchev–Trinajstić information content (AvgIpc) is 2.61. The van der Waals surface area contributed by atoms with Crippen molar-refractivity contribution < 1.29 is 22.7 Å². The zero-order valence-corrected chi connectivity index (χ0v) is 15.9. The van der Waals surface area contributed by atoms with E-state index < -0.39 is 10.0 Å². The number of sulfonamides is 1. The van der Waals surface area contributed by atoms with Crippen LogP contribution in [0.5, 0.6) is 11.5 Å². The van der Waals surface area contributed by atoms with Crippen LogP contribution in [0.15, 0.2) is 47.4 Å². The van der Waals surface area contributed by atoms with Crippen LogP contribution >= 0.6 is 0 Å². The second-order valence-corrected chi connectivity index (χ2v) is 7.51. The Balaban J connectivity index is 2.35. The lowest BCUT2D eigenvalue weighted by molar-refractivity contribution is 0.0943. The molecular formula is C18H22N2O5S. The van der Waals surface area contributed by atoms with E-state index in [1.807, 2.05) is 13.8 Å². The third kappa shape index (κ3) is 4.66. The fourth-order valence-corrected chi connectivity index (χ4v) is 3.35. The van der Waals surface area contributed by atoms with Crippen LogP contribution in [0, 0.1) is 0 Å². The van der Waals surface area contributed by atoms with E-state index in [2.05, 4.69) is 10.0 Å². The standard InChI is InChI=1S/C18H22N2O5S/c1-12(2)19-18(21)13-6-5-7-15(10-13)26(22,23)20-16-11-14(24-3)8-9-17(16)25-4/h5-12,20H,1-4H3,(H,19,21). The summed E-state index contributed by atoms with van der Waals surface area (Å²) in [4.78, 5) is 12.1. The molecule has 2 aromatic carbocycles. The van der Waals surface area contributed by atoms with Gasteiger partial charge >= 0.3 is 0 Å². The summed E-state index contributed by atoms with van der Waals surface area (Å²) in [7, 11) is -0.997. The third-order valence-electron chi connectivity index (χ3n) is 3.48. The highest BCUT2D eigenvalue weighted by Crippen LogP contribution is 2.30. The van der Waals surface area contributed by atoms with Crippen LogP contribution in [-0.4, -0.2) is 34.6 Å². The van der Waals surface area contributed by atoms with Gasteiger partial charge in [0.25, 0.3) is 15.9 Å². The molecule has 8 heteroatoms. The maximum absolute atomic E-state index is 12.7. The monoisotopic (exact) mass is 378 g/mol. The SMILES string of the molecule is COc1ccc(OC)c(NS(=O)(=O)c2cccc(C(=O)NC(C)C)c2)c1. The van der Waals surface area contributed by atoms with Gasteiger partial charge in [-0.2, -0.15) is 0 Å². The summed E-state index contributed by atoms with van der Waals surface area (Å²) in [6.45, 7) is 3.66. The minimum Gasteiger partial charge on any atom is -0.497 e. The van der Waals surface area contributed by atoms with Crippen LogP contribution in [-0.2, 0) is 10.0 Å². The summed E-state index contributed by atoms with van der Waals surface area (Å²) in [5, 5.41) is 2.73. The Hall–Kier alpha value is -2.74. The lowest BCUT2D eigenvalue weighted by Gasteiger charge is -2.14. The molecule has 0 aliphatic heterocycles. The summed E-state index contributed by atoms with van der Waals surface area (Å²) in [6, 6.07) is 10.5. The molecule has 0 aromatic heterocycles. The Morgan fingerprint density at radius 3 is 2.38 bits per heavy atom. The van der Waals surface area contributed by atoms with Gasteiger partial charge in [-0.05, 0) is 44.2 Å². The highest BCUT2D eigenvalue weighted by Gasteiger charge is 2.19. The molecule has 0 bridgehead atoms. The van der Waals surface area contributed by atoms with Gasteiger partial charge in [-0.25, -0.2) is 8.42 Å². The first-order valence-electron chi connectivity index (χ1n) is 7.92. The van der Waals surface area contributed by atoms with Gasteiger partial charge in [-0.1, -0.05) is 6.07 Å². The van der Waals surface area contributed by atoms with Crippen molar-refractivity contribution in [1.29, 1.82) is 0 Å². The third-order valence-corrected chi connectivity index (χ3v) is 4.84. The number of hydrogen-bond acceptors (Lipinski definition) is 5. The van der Waals surface area contributed by atoms with Crippen LogP contribution in [0.1, 0.15) is 24.2 Å². The zero-order valence-electron chi connectivity index (χ0n) is 15.1. The van der Waals surface area contributed by atoms with E-state index in [0.717, 1.165) is 0 Å². The molecule has 2 N–H and O–H groups in total. The minimum atomic E-state index is -3.92. The number of amides is 1. The van der Waals surface area contributed by atoms with Gasteiger partial charge in [0.1, 0.15) is 11.5 Å². The number of rotatable bonds is 7. The zero-order chi connectivity index (χ0) is 19.3. The number of hydrogen-bond donors (Lipinski definition) is 2. The number of carbonyl (C=O) groups is 1. The maximum atomic E-state index is 12.7. The Morgan fingerprint density at radius 1 is 1.04 bits per heavy atom. The van der Waals surface area contributed by atoms with E-state index in [4.69, 9.17) is 9.47 Å². The van der Waals surface area contributed by atoms with E-state index in [0.29, 0.717) is 11.5 Å². The fourth-order valence-electron chi connectivity index (χ4n) is 2.25. The molecule has 0 fully saturated rings. The predicted molar refractivity (Wildman–Crippen MR) is 99.4 cm³/mol. The van der Waals surface area contributed by atoms with Gasteiger partial charge < -0.3 is 14.8 Å². The van der Waals surface area contributed by atoms with Crippen molar-refractivity contribution in [1.82, 2.24) is 5.32 Å². The second-order valence-electron chi connectivity index (χ2n) is 5.83. The molecule has 0 spiro atoms. The van der Waals surface area contributed by atoms with Crippen LogP contribution in [0.25, 0.3) is 0 Å². The predicted octanol–water partition coefficient (Wildman–Crippen LogP) is 2.64. The van der Waals surface area contributed by atoms with Gasteiger partial charge in [0, 0.05) is 17.7 Å². The number of anilines is 1. The topological polar surface area (TPSA) is 93.7 Å². The highest BCUT2D eigenvalue weighted by atomic mass is 32.2. The smallest absolute Gasteiger partial charge is 0.262 e. The molecule has 0 aliphatic carbocycles. The molecule has 1 amide bonds. The van der Waals surface area contributed by atoms with Crippen molar-refractivity contribution in [3.63, 3.8) is 0 Å². The minimum absolute atomic E-state index is 0.0289. The first-order chi connectivity index (χ1) is 12.3. The molecule has 140 valence electrons. The number of ether oxygens (including phenoxy) is 2. The van der Waals surface area contributed by atoms with Gasteiger partial charge in [-0.15, -0.1) is 0 Å². The van der Waals surface area contributed by atoms with Gasteiger partial charge in [0.15, 0.2) is 0 Å². The number of benzene rings is 2. The first kappa shape index (κ1) is 19.6. The molecule has 0 heterocycles. The molecule has 0 atom stereocenters. The van der Waals surface area contributed by atoms with Crippen LogP contribution in [0.2, 0.25) is 0 Å². The lowest BCUT2D eigenvalue weighted by Crippen LogP contribution is -2.30. The van der Waals surface area contributed by atoms with Crippen molar-refractivity contribution in [3.8, 4) is 11.5 Å². The van der Waals surface area contributed by atoms with Crippen molar-refractivity contribution in [2.75, 3.05) is 18.9 Å². The summed E-state index contributed by atoms with van der Waals surface area (Å²) in [6.07, 6.45) is 0. The largest absolute Gasteiger partial charge is 0.497 e. The van der Waals surface area contributed by atoms with E-state index in [1.54, 1.807) is 18.2 Å². The number of nitrogens with one attached hydrogen (secondary N) is 2. The average molecular weight is 378 g/mol. The highest BCUT2D eigenvalue weighted by molar-refractivity contribution is 7.92. The Morgan fingerprint density at radius 2 is 1.77 bits per heavy atom. The maximum Gasteiger partial charge on any atom is 0.262 e. The Labute approximate surface area is 153 Å². The van der Waals surface area contributed by atoms with E-state index in [9.17, 15) is 13.2 Å². The molecule has 2 rings (SSSR count). The van der Waals surface area contributed by atoms with Gasteiger partial charge in [0.2, 0.25) is 0 Å². The van der Waals surface area contributed by atoms with E-state index >= 15 is 0 Å². The van der Waals surface area contributed by atoms with Crippen molar-refractivity contribution in [3.05, 3.63) is 48.0 Å². The molecule has 0 radical (unpaired) electrons. The molecule has 7 nitrogen and oxygen atoms in total. The van der Waals surface area contributed by atoms with E-state index in [-0.39, 0.29) is 28.1 Å². The van der Waals surface area contributed by atoms with Crippen LogP contribution in [0.3, 0.4) is 0 Å². The van der Waals surface area contributed by atoms with E-state index in [1.165, 1.54) is 38.5 Å². The van der Waals surface area contributed by atoms with Crippen molar-refractivity contribution in [2.45, 2.75) is 24.8 Å². The number of carbonyl (C=O) groups excluding carboxylic acids is 1. The van der Waals surface area contributed by atoms with Crippen molar-refractivity contribution >= 4 is 21.6 Å². The lowest BCUT2D eigenvalue weighted by atomic mass is 10.2. The molecule has 0 unspecified atom stereocenters. The van der Waals surface area contributed by atoms with Crippen LogP contribution in [0.4, 0.5) is 5.69 Å². The molecule has 0 saturated heterocycles.